The molecule has 3 atom stereocenters. The van der Waals surface area contributed by atoms with Crippen molar-refractivity contribution in [3.05, 3.63) is 24.3 Å². The van der Waals surface area contributed by atoms with Gasteiger partial charge in [-0.2, -0.15) is 0 Å². The molecule has 0 aliphatic carbocycles. The van der Waals surface area contributed by atoms with Crippen LogP contribution in [0.1, 0.15) is 19.3 Å². The summed E-state index contributed by atoms with van der Waals surface area (Å²) in [5.74, 6) is 0.886. The molecule has 5 nitrogen and oxygen atoms in total. The van der Waals surface area contributed by atoms with E-state index in [-0.39, 0.29) is 11.9 Å². The van der Waals surface area contributed by atoms with Gasteiger partial charge in [0.2, 0.25) is 0 Å². The molecule has 2 bridgehead atoms. The number of aromatic hydroxyl groups is 1. The quantitative estimate of drug-likeness (QED) is 0.943. The second kappa shape index (κ2) is 5.85. The predicted octanol–water partition coefficient (Wildman–Crippen LogP) is 2.77. The summed E-state index contributed by atoms with van der Waals surface area (Å²) >= 11 is 1.48. The number of aromatic nitrogens is 2. The molecule has 0 saturated carbocycles. The summed E-state index contributed by atoms with van der Waals surface area (Å²) in [5, 5.41) is 19.2. The number of phenols is 1. The highest BCUT2D eigenvalue weighted by Crippen LogP contribution is 2.33. The number of hydrogen-bond donors (Lipinski definition) is 1. The Morgan fingerprint density at radius 1 is 1.14 bits per heavy atom. The molecule has 0 radical (unpaired) electrons. The van der Waals surface area contributed by atoms with Gasteiger partial charge in [-0.15, -0.1) is 5.10 Å². The number of phenolic OH excluding ortho intramolecular Hbond substituents is 1. The van der Waals surface area contributed by atoms with Gasteiger partial charge in [-0.1, -0.05) is 16.4 Å². The molecule has 116 valence electrons. The average molecular weight is 317 g/mol. The molecule has 2 aromatic rings. The number of ether oxygens (including phenoxy) is 1. The van der Waals surface area contributed by atoms with E-state index in [0.717, 1.165) is 30.1 Å². The van der Waals surface area contributed by atoms with Crippen LogP contribution in [-0.4, -0.2) is 45.9 Å². The maximum absolute atomic E-state index is 9.35. The molecule has 0 amide bonds. The first-order chi connectivity index (χ1) is 10.8. The van der Waals surface area contributed by atoms with Gasteiger partial charge in [0, 0.05) is 24.6 Å². The molecule has 1 N–H and O–H groups in total. The van der Waals surface area contributed by atoms with Crippen molar-refractivity contribution in [2.24, 2.45) is 5.92 Å². The maximum Gasteiger partial charge on any atom is 0.294 e. The van der Waals surface area contributed by atoms with Gasteiger partial charge in [0.25, 0.3) is 5.19 Å². The van der Waals surface area contributed by atoms with Crippen molar-refractivity contribution in [2.45, 2.75) is 25.4 Å². The molecule has 1 aromatic carbocycles. The zero-order valence-corrected chi connectivity index (χ0v) is 13.1. The third kappa shape index (κ3) is 2.80. The number of nitrogens with zero attached hydrogens (tertiary/aromatic N) is 3. The van der Waals surface area contributed by atoms with Crippen LogP contribution in [-0.2, 0) is 0 Å². The van der Waals surface area contributed by atoms with Gasteiger partial charge in [0.05, 0.1) is 0 Å². The first-order valence-corrected chi connectivity index (χ1v) is 8.61. The van der Waals surface area contributed by atoms with Crippen LogP contribution in [0.25, 0.3) is 10.6 Å². The molecule has 2 fully saturated rings. The van der Waals surface area contributed by atoms with Gasteiger partial charge in [-0.3, -0.25) is 0 Å². The molecule has 3 unspecified atom stereocenters. The fourth-order valence-electron chi connectivity index (χ4n) is 3.41. The Labute approximate surface area is 133 Å². The van der Waals surface area contributed by atoms with Crippen molar-refractivity contribution >= 4 is 11.3 Å². The summed E-state index contributed by atoms with van der Waals surface area (Å²) in [7, 11) is 0. The minimum atomic E-state index is 0.258. The first-order valence-electron chi connectivity index (χ1n) is 7.80. The highest BCUT2D eigenvalue weighted by molar-refractivity contribution is 7.16. The Hall–Kier alpha value is -1.66. The normalized spacial score (nSPS) is 27.5. The number of piperidine rings is 2. The summed E-state index contributed by atoms with van der Waals surface area (Å²) in [6.07, 6.45) is 3.89. The molecule has 2 saturated heterocycles. The lowest BCUT2D eigenvalue weighted by molar-refractivity contribution is 0.0147. The average Bonchev–Trinajstić information content (AvgIpc) is 3.00. The Kier molecular flexibility index (Phi) is 3.72. The van der Waals surface area contributed by atoms with Crippen LogP contribution < -0.4 is 4.74 Å². The molecule has 2 aliphatic rings. The molecule has 4 rings (SSSR count). The SMILES string of the molecule is Oc1ccc(-c2nnc(OC3CCN4CCCC3C4)s2)cc1. The standard InChI is InChI=1S/C16H19N3O2S/c20-13-5-3-11(4-6-13)15-17-18-16(22-15)21-14-7-9-19-8-1-2-12(14)10-19/h3-6,12,14,20H,1-2,7-10H2. The van der Waals surface area contributed by atoms with Crippen LogP contribution in [0.3, 0.4) is 0 Å². The van der Waals surface area contributed by atoms with Gasteiger partial charge in [-0.05, 0) is 50.1 Å². The molecule has 1 aromatic heterocycles. The summed E-state index contributed by atoms with van der Waals surface area (Å²) in [4.78, 5) is 2.54. The molecule has 6 heteroatoms. The van der Waals surface area contributed by atoms with Crippen molar-refractivity contribution in [1.82, 2.24) is 15.1 Å². The maximum atomic E-state index is 9.35. The second-order valence-electron chi connectivity index (χ2n) is 6.07. The smallest absolute Gasteiger partial charge is 0.294 e. The minimum absolute atomic E-state index is 0.258. The Morgan fingerprint density at radius 3 is 2.86 bits per heavy atom. The number of fused-ring (bicyclic) bond motifs is 2. The van der Waals surface area contributed by atoms with E-state index in [1.54, 1.807) is 12.1 Å². The van der Waals surface area contributed by atoms with Gasteiger partial charge >= 0.3 is 0 Å². The molecule has 0 spiro atoms. The lowest BCUT2D eigenvalue weighted by Crippen LogP contribution is -2.48. The van der Waals surface area contributed by atoms with E-state index in [2.05, 4.69) is 15.1 Å². The van der Waals surface area contributed by atoms with E-state index in [9.17, 15) is 5.11 Å². The van der Waals surface area contributed by atoms with E-state index >= 15 is 0 Å². The summed E-state index contributed by atoms with van der Waals surface area (Å²) < 4.78 is 6.14. The van der Waals surface area contributed by atoms with Crippen LogP contribution in [0.5, 0.6) is 10.9 Å². The lowest BCUT2D eigenvalue weighted by Gasteiger charge is -2.41. The molecule has 22 heavy (non-hydrogen) atoms. The Bertz CT molecular complexity index is 643. The van der Waals surface area contributed by atoms with E-state index in [1.165, 1.54) is 30.7 Å². The first kappa shape index (κ1) is 14.0. The lowest BCUT2D eigenvalue weighted by atomic mass is 9.87. The van der Waals surface area contributed by atoms with Crippen molar-refractivity contribution < 1.29 is 9.84 Å². The molecule has 3 heterocycles. The monoisotopic (exact) mass is 317 g/mol. The largest absolute Gasteiger partial charge is 0.508 e. The molecule has 2 aliphatic heterocycles. The Balaban J connectivity index is 1.46. The second-order valence-corrected chi connectivity index (χ2v) is 7.01. The van der Waals surface area contributed by atoms with Crippen LogP contribution in [0.4, 0.5) is 0 Å². The Morgan fingerprint density at radius 2 is 2.00 bits per heavy atom. The highest BCUT2D eigenvalue weighted by Gasteiger charge is 2.33. The molecular formula is C16H19N3O2S. The summed E-state index contributed by atoms with van der Waals surface area (Å²) in [6.45, 7) is 3.53. The van der Waals surface area contributed by atoms with Crippen LogP contribution in [0.2, 0.25) is 0 Å². The summed E-state index contributed by atoms with van der Waals surface area (Å²) in [5.41, 5.74) is 0.956. The van der Waals surface area contributed by atoms with Gasteiger partial charge in [-0.25, -0.2) is 0 Å². The topological polar surface area (TPSA) is 58.5 Å². The van der Waals surface area contributed by atoms with Crippen molar-refractivity contribution in [1.29, 1.82) is 0 Å². The third-order valence-corrected chi connectivity index (χ3v) is 5.43. The summed E-state index contributed by atoms with van der Waals surface area (Å²) in [6, 6.07) is 7.02. The highest BCUT2D eigenvalue weighted by atomic mass is 32.1. The van der Waals surface area contributed by atoms with E-state index in [4.69, 9.17) is 4.74 Å². The minimum Gasteiger partial charge on any atom is -0.508 e. The van der Waals surface area contributed by atoms with Gasteiger partial charge in [0.1, 0.15) is 11.9 Å². The van der Waals surface area contributed by atoms with Gasteiger partial charge in [0.15, 0.2) is 5.01 Å². The molecular weight excluding hydrogens is 298 g/mol. The van der Waals surface area contributed by atoms with Crippen molar-refractivity contribution in [2.75, 3.05) is 19.6 Å². The van der Waals surface area contributed by atoms with Crippen molar-refractivity contribution in [3.8, 4) is 21.5 Å². The van der Waals surface area contributed by atoms with Crippen LogP contribution >= 0.6 is 11.3 Å². The fraction of sp³-hybridized carbons (Fsp3) is 0.500. The number of rotatable bonds is 3. The van der Waals surface area contributed by atoms with E-state index in [0.29, 0.717) is 11.1 Å². The van der Waals surface area contributed by atoms with Gasteiger partial charge < -0.3 is 14.7 Å². The number of benzene rings is 1. The van der Waals surface area contributed by atoms with E-state index in [1.807, 2.05) is 12.1 Å². The number of hydrogen-bond acceptors (Lipinski definition) is 6. The van der Waals surface area contributed by atoms with E-state index < -0.39 is 0 Å². The predicted molar refractivity (Wildman–Crippen MR) is 85.2 cm³/mol. The van der Waals surface area contributed by atoms with Crippen LogP contribution in [0.15, 0.2) is 24.3 Å². The third-order valence-electron chi connectivity index (χ3n) is 4.57. The fourth-order valence-corrected chi connectivity index (χ4v) is 4.16. The zero-order valence-electron chi connectivity index (χ0n) is 12.3. The van der Waals surface area contributed by atoms with Crippen LogP contribution in [0, 0.1) is 5.92 Å². The van der Waals surface area contributed by atoms with Crippen molar-refractivity contribution in [3.63, 3.8) is 0 Å². The zero-order chi connectivity index (χ0) is 14.9.